The van der Waals surface area contributed by atoms with Crippen LogP contribution in [-0.2, 0) is 6.61 Å². The lowest BCUT2D eigenvalue weighted by molar-refractivity contribution is 0.00592. The third kappa shape index (κ3) is 3.09. The van der Waals surface area contributed by atoms with Crippen molar-refractivity contribution in [3.8, 4) is 5.75 Å². The standard InChI is InChI=1S/C13H16Cl2O3/c14-9-5-8(7-16)13(10(15)6-9)18-12-4-2-1-3-11(12)17/h5-6,11-12,16-17H,1-4,7H2. The summed E-state index contributed by atoms with van der Waals surface area (Å²) in [5.74, 6) is 0.425. The van der Waals surface area contributed by atoms with Gasteiger partial charge >= 0.3 is 0 Å². The van der Waals surface area contributed by atoms with Crippen LogP contribution in [-0.4, -0.2) is 22.4 Å². The molecule has 1 saturated carbocycles. The number of hydrogen-bond donors (Lipinski definition) is 2. The molecule has 2 rings (SSSR count). The van der Waals surface area contributed by atoms with Gasteiger partial charge in [-0.05, 0) is 31.4 Å². The first-order valence-corrected chi connectivity index (χ1v) is 6.81. The summed E-state index contributed by atoms with van der Waals surface area (Å²) in [6, 6.07) is 3.20. The maximum atomic E-state index is 9.88. The van der Waals surface area contributed by atoms with Gasteiger partial charge < -0.3 is 14.9 Å². The molecule has 1 aromatic rings. The van der Waals surface area contributed by atoms with E-state index in [9.17, 15) is 10.2 Å². The average Bonchev–Trinajstić information content (AvgIpc) is 2.34. The van der Waals surface area contributed by atoms with E-state index in [0.717, 1.165) is 25.7 Å². The van der Waals surface area contributed by atoms with E-state index in [2.05, 4.69) is 0 Å². The van der Waals surface area contributed by atoms with Crippen molar-refractivity contribution in [2.45, 2.75) is 44.5 Å². The zero-order chi connectivity index (χ0) is 13.1. The molecular weight excluding hydrogens is 275 g/mol. The predicted octanol–water partition coefficient (Wildman–Crippen LogP) is 3.17. The summed E-state index contributed by atoms with van der Waals surface area (Å²) in [4.78, 5) is 0. The molecule has 1 aliphatic rings. The van der Waals surface area contributed by atoms with Gasteiger partial charge in [0.25, 0.3) is 0 Å². The Morgan fingerprint density at radius 1 is 1.22 bits per heavy atom. The highest BCUT2D eigenvalue weighted by Gasteiger charge is 2.26. The quantitative estimate of drug-likeness (QED) is 0.899. The monoisotopic (exact) mass is 290 g/mol. The summed E-state index contributed by atoms with van der Waals surface area (Å²) >= 11 is 11.9. The van der Waals surface area contributed by atoms with Crippen LogP contribution < -0.4 is 4.74 Å². The Morgan fingerprint density at radius 2 is 1.94 bits per heavy atom. The van der Waals surface area contributed by atoms with Gasteiger partial charge in [-0.1, -0.05) is 29.6 Å². The van der Waals surface area contributed by atoms with E-state index < -0.39 is 6.10 Å². The van der Waals surface area contributed by atoms with Crippen LogP contribution >= 0.6 is 23.2 Å². The second-order valence-corrected chi connectivity index (χ2v) is 5.39. The summed E-state index contributed by atoms with van der Waals surface area (Å²) in [7, 11) is 0. The van der Waals surface area contributed by atoms with E-state index in [1.54, 1.807) is 12.1 Å². The minimum atomic E-state index is -0.475. The van der Waals surface area contributed by atoms with Crippen LogP contribution in [0.5, 0.6) is 5.75 Å². The van der Waals surface area contributed by atoms with Crippen LogP contribution in [0.4, 0.5) is 0 Å². The molecule has 1 fully saturated rings. The molecule has 0 bridgehead atoms. The number of aliphatic hydroxyl groups excluding tert-OH is 2. The van der Waals surface area contributed by atoms with E-state index in [0.29, 0.717) is 21.4 Å². The van der Waals surface area contributed by atoms with Gasteiger partial charge in [-0.25, -0.2) is 0 Å². The minimum Gasteiger partial charge on any atom is -0.486 e. The van der Waals surface area contributed by atoms with Crippen LogP contribution in [0.25, 0.3) is 0 Å². The molecule has 0 saturated heterocycles. The maximum absolute atomic E-state index is 9.88. The minimum absolute atomic E-state index is 0.196. The Balaban J connectivity index is 2.22. The fourth-order valence-electron chi connectivity index (χ4n) is 2.23. The number of hydrogen-bond acceptors (Lipinski definition) is 3. The summed E-state index contributed by atoms with van der Waals surface area (Å²) in [6.07, 6.45) is 2.85. The van der Waals surface area contributed by atoms with Gasteiger partial charge in [-0.2, -0.15) is 0 Å². The van der Waals surface area contributed by atoms with Crippen molar-refractivity contribution in [2.24, 2.45) is 0 Å². The zero-order valence-corrected chi connectivity index (χ0v) is 11.4. The van der Waals surface area contributed by atoms with Gasteiger partial charge in [0.15, 0.2) is 0 Å². The third-order valence-electron chi connectivity index (χ3n) is 3.19. The normalized spacial score (nSPS) is 24.0. The molecule has 1 aromatic carbocycles. The van der Waals surface area contributed by atoms with Gasteiger partial charge in [0.2, 0.25) is 0 Å². The Bertz CT molecular complexity index is 423. The highest BCUT2D eigenvalue weighted by molar-refractivity contribution is 6.35. The van der Waals surface area contributed by atoms with E-state index in [-0.39, 0.29) is 12.7 Å². The molecule has 5 heteroatoms. The second kappa shape index (κ2) is 6.11. The van der Waals surface area contributed by atoms with Crippen molar-refractivity contribution in [3.05, 3.63) is 27.7 Å². The third-order valence-corrected chi connectivity index (χ3v) is 3.69. The molecule has 2 atom stereocenters. The Labute approximate surface area is 116 Å². The van der Waals surface area contributed by atoms with Gasteiger partial charge in [0.05, 0.1) is 17.7 Å². The van der Waals surface area contributed by atoms with Crippen LogP contribution in [0.1, 0.15) is 31.2 Å². The number of rotatable bonds is 3. The lowest BCUT2D eigenvalue weighted by atomic mass is 9.95. The SMILES string of the molecule is OCc1cc(Cl)cc(Cl)c1OC1CCCCC1O. The fourth-order valence-corrected chi connectivity index (χ4v) is 2.81. The zero-order valence-electron chi connectivity index (χ0n) is 9.90. The predicted molar refractivity (Wildman–Crippen MR) is 71.3 cm³/mol. The topological polar surface area (TPSA) is 49.7 Å². The maximum Gasteiger partial charge on any atom is 0.144 e. The van der Waals surface area contributed by atoms with Crippen LogP contribution in [0, 0.1) is 0 Å². The molecule has 0 amide bonds. The molecule has 100 valence electrons. The molecule has 0 aliphatic heterocycles. The first-order valence-electron chi connectivity index (χ1n) is 6.05. The van der Waals surface area contributed by atoms with E-state index in [1.807, 2.05) is 0 Å². The van der Waals surface area contributed by atoms with Crippen molar-refractivity contribution < 1.29 is 14.9 Å². The highest BCUT2D eigenvalue weighted by Crippen LogP contribution is 2.35. The Morgan fingerprint density at radius 3 is 2.61 bits per heavy atom. The number of aliphatic hydroxyl groups is 2. The molecule has 0 spiro atoms. The molecule has 0 heterocycles. The summed E-state index contributed by atoms with van der Waals surface area (Å²) in [5.41, 5.74) is 0.547. The molecule has 18 heavy (non-hydrogen) atoms. The van der Waals surface area contributed by atoms with Crippen LogP contribution in [0.2, 0.25) is 10.0 Å². The number of halogens is 2. The number of ether oxygens (including phenoxy) is 1. The fraction of sp³-hybridized carbons (Fsp3) is 0.538. The first-order chi connectivity index (χ1) is 8.61. The lowest BCUT2D eigenvalue weighted by Gasteiger charge is -2.29. The highest BCUT2D eigenvalue weighted by atomic mass is 35.5. The average molecular weight is 291 g/mol. The van der Waals surface area contributed by atoms with Gasteiger partial charge in [-0.3, -0.25) is 0 Å². The van der Waals surface area contributed by atoms with E-state index in [1.165, 1.54) is 0 Å². The van der Waals surface area contributed by atoms with E-state index >= 15 is 0 Å². The molecule has 0 aromatic heterocycles. The van der Waals surface area contributed by atoms with Crippen molar-refractivity contribution >= 4 is 23.2 Å². The van der Waals surface area contributed by atoms with Crippen molar-refractivity contribution in [3.63, 3.8) is 0 Å². The van der Waals surface area contributed by atoms with Crippen LogP contribution in [0.15, 0.2) is 12.1 Å². The van der Waals surface area contributed by atoms with E-state index in [4.69, 9.17) is 27.9 Å². The second-order valence-electron chi connectivity index (χ2n) is 4.54. The van der Waals surface area contributed by atoms with Crippen molar-refractivity contribution in [1.82, 2.24) is 0 Å². The van der Waals surface area contributed by atoms with Crippen molar-refractivity contribution in [2.75, 3.05) is 0 Å². The molecule has 2 unspecified atom stereocenters. The van der Waals surface area contributed by atoms with Crippen molar-refractivity contribution in [1.29, 1.82) is 0 Å². The summed E-state index contributed by atoms with van der Waals surface area (Å²) in [5, 5.41) is 20.0. The smallest absolute Gasteiger partial charge is 0.144 e. The number of benzene rings is 1. The Kier molecular flexibility index (Phi) is 4.73. The van der Waals surface area contributed by atoms with Gasteiger partial charge in [0, 0.05) is 10.6 Å². The molecule has 3 nitrogen and oxygen atoms in total. The van der Waals surface area contributed by atoms with Crippen LogP contribution in [0.3, 0.4) is 0 Å². The Hall–Kier alpha value is -0.480. The lowest BCUT2D eigenvalue weighted by Crippen LogP contribution is -2.35. The summed E-state index contributed by atoms with van der Waals surface area (Å²) < 4.78 is 5.77. The van der Waals surface area contributed by atoms with Gasteiger partial charge in [0.1, 0.15) is 11.9 Å². The summed E-state index contributed by atoms with van der Waals surface area (Å²) in [6.45, 7) is -0.196. The molecule has 0 radical (unpaired) electrons. The first kappa shape index (κ1) is 13.9. The largest absolute Gasteiger partial charge is 0.486 e. The molecule has 1 aliphatic carbocycles. The van der Waals surface area contributed by atoms with Gasteiger partial charge in [-0.15, -0.1) is 0 Å². The molecule has 2 N–H and O–H groups in total. The molecular formula is C13H16Cl2O3.